The highest BCUT2D eigenvalue weighted by Gasteiger charge is 2.14. The summed E-state index contributed by atoms with van der Waals surface area (Å²) in [5.74, 6) is 0.928. The molecule has 0 bridgehead atoms. The van der Waals surface area contributed by atoms with Gasteiger partial charge in [-0.1, -0.05) is 5.16 Å². The van der Waals surface area contributed by atoms with Crippen molar-refractivity contribution in [1.29, 1.82) is 0 Å². The highest BCUT2D eigenvalue weighted by atomic mass is 32.2. The smallest absolute Gasteiger partial charge is 0.243 e. The summed E-state index contributed by atoms with van der Waals surface area (Å²) in [4.78, 5) is 37.3. The van der Waals surface area contributed by atoms with Gasteiger partial charge in [-0.3, -0.25) is 14.4 Å². The molecule has 2 aromatic rings. The van der Waals surface area contributed by atoms with Gasteiger partial charge in [0.1, 0.15) is 11.5 Å². The molecule has 0 radical (unpaired) electrons. The molecule has 0 saturated carbocycles. The third kappa shape index (κ3) is 6.95. The SMILES string of the molecule is COc1ccc(NC(=O)CN(C)C(=O)CSCC(=O)Nc2cc(C)on2)cc1. The maximum absolute atomic E-state index is 12.1. The largest absolute Gasteiger partial charge is 0.497 e. The van der Waals surface area contributed by atoms with E-state index in [0.29, 0.717) is 23.0 Å². The van der Waals surface area contributed by atoms with Crippen molar-refractivity contribution in [1.82, 2.24) is 10.1 Å². The van der Waals surface area contributed by atoms with Crippen LogP contribution in [0, 0.1) is 6.92 Å². The summed E-state index contributed by atoms with van der Waals surface area (Å²) in [6, 6.07) is 8.48. The van der Waals surface area contributed by atoms with Crippen LogP contribution in [0.3, 0.4) is 0 Å². The van der Waals surface area contributed by atoms with Crippen LogP contribution in [0.15, 0.2) is 34.9 Å². The molecule has 1 aromatic carbocycles. The molecule has 10 heteroatoms. The number of benzene rings is 1. The molecule has 9 nitrogen and oxygen atoms in total. The number of methoxy groups -OCH3 is 1. The molecule has 2 rings (SSSR count). The van der Waals surface area contributed by atoms with Crippen LogP contribution in [0.2, 0.25) is 0 Å². The minimum Gasteiger partial charge on any atom is -0.497 e. The fourth-order valence-corrected chi connectivity index (χ4v) is 2.88. The van der Waals surface area contributed by atoms with Crippen LogP contribution < -0.4 is 15.4 Å². The van der Waals surface area contributed by atoms with Gasteiger partial charge in [0.15, 0.2) is 5.82 Å². The van der Waals surface area contributed by atoms with E-state index in [1.54, 1.807) is 44.4 Å². The first kappa shape index (κ1) is 21.3. The van der Waals surface area contributed by atoms with Crippen molar-refractivity contribution in [3.05, 3.63) is 36.1 Å². The third-order valence-electron chi connectivity index (χ3n) is 3.53. The molecule has 0 unspecified atom stereocenters. The van der Waals surface area contributed by atoms with Gasteiger partial charge in [0, 0.05) is 18.8 Å². The summed E-state index contributed by atoms with van der Waals surface area (Å²) in [6.07, 6.45) is 0. The van der Waals surface area contributed by atoms with E-state index in [1.165, 1.54) is 11.9 Å². The average Bonchev–Trinajstić information content (AvgIpc) is 3.06. The first-order chi connectivity index (χ1) is 13.4. The molecule has 0 spiro atoms. The van der Waals surface area contributed by atoms with Gasteiger partial charge in [-0.25, -0.2) is 0 Å². The quantitative estimate of drug-likeness (QED) is 0.652. The zero-order valence-electron chi connectivity index (χ0n) is 15.9. The highest BCUT2D eigenvalue weighted by Crippen LogP contribution is 2.15. The Balaban J connectivity index is 1.68. The topological polar surface area (TPSA) is 114 Å². The van der Waals surface area contributed by atoms with Crippen LogP contribution >= 0.6 is 11.8 Å². The van der Waals surface area contributed by atoms with Crippen LogP contribution in [0.5, 0.6) is 5.75 Å². The molecule has 1 aromatic heterocycles. The lowest BCUT2D eigenvalue weighted by atomic mass is 10.3. The van der Waals surface area contributed by atoms with Gasteiger partial charge in [0.05, 0.1) is 25.2 Å². The standard InChI is InChI=1S/C18H22N4O5S/c1-12-8-15(21-27-12)20-17(24)10-28-11-18(25)22(2)9-16(23)19-13-4-6-14(26-3)7-5-13/h4-8H,9-11H2,1-3H3,(H,19,23)(H,20,21,24). The average molecular weight is 406 g/mol. The number of nitrogens with one attached hydrogen (secondary N) is 2. The Morgan fingerprint density at radius 2 is 1.86 bits per heavy atom. The Morgan fingerprint density at radius 3 is 2.46 bits per heavy atom. The third-order valence-corrected chi connectivity index (χ3v) is 4.45. The predicted octanol–water partition coefficient (Wildman–Crippen LogP) is 1.76. The molecule has 0 fully saturated rings. The number of thioether (sulfide) groups is 1. The Morgan fingerprint density at radius 1 is 1.14 bits per heavy atom. The fourth-order valence-electron chi connectivity index (χ4n) is 2.12. The van der Waals surface area contributed by atoms with E-state index in [9.17, 15) is 14.4 Å². The Bertz CT molecular complexity index is 822. The summed E-state index contributed by atoms with van der Waals surface area (Å²) in [5, 5.41) is 8.94. The first-order valence-corrected chi connectivity index (χ1v) is 9.51. The van der Waals surface area contributed by atoms with Gasteiger partial charge in [-0.05, 0) is 31.2 Å². The molecule has 0 aliphatic heterocycles. The van der Waals surface area contributed by atoms with Gasteiger partial charge < -0.3 is 24.8 Å². The molecular formula is C18H22N4O5S. The first-order valence-electron chi connectivity index (χ1n) is 8.36. The normalized spacial score (nSPS) is 10.2. The molecule has 0 aliphatic carbocycles. The molecule has 0 saturated heterocycles. The zero-order chi connectivity index (χ0) is 20.5. The van der Waals surface area contributed by atoms with Crippen LogP contribution in [-0.4, -0.2) is 60.0 Å². The van der Waals surface area contributed by atoms with Gasteiger partial charge >= 0.3 is 0 Å². The Kier molecular flexibility index (Phi) is 7.88. The van der Waals surface area contributed by atoms with Crippen molar-refractivity contribution in [3.63, 3.8) is 0 Å². The second-order valence-electron chi connectivity index (χ2n) is 5.89. The van der Waals surface area contributed by atoms with E-state index in [0.717, 1.165) is 11.8 Å². The molecule has 0 atom stereocenters. The summed E-state index contributed by atoms with van der Waals surface area (Å²) in [6.45, 7) is 1.63. The van der Waals surface area contributed by atoms with E-state index >= 15 is 0 Å². The molecule has 0 aliphatic rings. The predicted molar refractivity (Wildman–Crippen MR) is 106 cm³/mol. The molecule has 150 valence electrons. The molecule has 1 heterocycles. The number of hydrogen-bond acceptors (Lipinski definition) is 7. The number of hydrogen-bond donors (Lipinski definition) is 2. The molecule has 28 heavy (non-hydrogen) atoms. The number of likely N-dealkylation sites (N-methyl/N-ethyl adjacent to an activating group) is 1. The fraction of sp³-hybridized carbons (Fsp3) is 0.333. The summed E-state index contributed by atoms with van der Waals surface area (Å²) >= 11 is 1.15. The zero-order valence-corrected chi connectivity index (χ0v) is 16.7. The lowest BCUT2D eigenvalue weighted by Gasteiger charge is -2.16. The monoisotopic (exact) mass is 406 g/mol. The molecular weight excluding hydrogens is 384 g/mol. The van der Waals surface area contributed by atoms with E-state index in [1.807, 2.05) is 0 Å². The number of anilines is 2. The van der Waals surface area contributed by atoms with Crippen molar-refractivity contribution in [2.45, 2.75) is 6.92 Å². The summed E-state index contributed by atoms with van der Waals surface area (Å²) < 4.78 is 9.91. The Labute approximate surface area is 166 Å². The van der Waals surface area contributed by atoms with E-state index in [2.05, 4.69) is 15.8 Å². The summed E-state index contributed by atoms with van der Waals surface area (Å²) in [7, 11) is 3.10. The van der Waals surface area contributed by atoms with Gasteiger partial charge in [0.25, 0.3) is 0 Å². The highest BCUT2D eigenvalue weighted by molar-refractivity contribution is 8.00. The number of ether oxygens (including phenoxy) is 1. The number of carbonyl (C=O) groups is 3. The van der Waals surface area contributed by atoms with Crippen molar-refractivity contribution in [3.8, 4) is 5.75 Å². The van der Waals surface area contributed by atoms with Crippen LogP contribution in [0.25, 0.3) is 0 Å². The van der Waals surface area contributed by atoms with E-state index < -0.39 is 0 Å². The number of carbonyl (C=O) groups excluding carboxylic acids is 3. The lowest BCUT2D eigenvalue weighted by molar-refractivity contribution is -0.131. The van der Waals surface area contributed by atoms with Gasteiger partial charge in [0.2, 0.25) is 17.7 Å². The van der Waals surface area contributed by atoms with Crippen molar-refractivity contribution in [2.24, 2.45) is 0 Å². The van der Waals surface area contributed by atoms with Crippen molar-refractivity contribution in [2.75, 3.05) is 42.8 Å². The second-order valence-corrected chi connectivity index (χ2v) is 6.88. The second kappa shape index (κ2) is 10.4. The van der Waals surface area contributed by atoms with Gasteiger partial charge in [-0.15, -0.1) is 11.8 Å². The minimum atomic E-state index is -0.315. The lowest BCUT2D eigenvalue weighted by Crippen LogP contribution is -2.36. The van der Waals surface area contributed by atoms with Gasteiger partial charge in [-0.2, -0.15) is 0 Å². The maximum Gasteiger partial charge on any atom is 0.243 e. The van der Waals surface area contributed by atoms with E-state index in [4.69, 9.17) is 9.26 Å². The number of aromatic nitrogens is 1. The van der Waals surface area contributed by atoms with Crippen LogP contribution in [0.4, 0.5) is 11.5 Å². The number of amides is 3. The molecule has 3 amide bonds. The van der Waals surface area contributed by atoms with Crippen LogP contribution in [-0.2, 0) is 14.4 Å². The Hall–Kier alpha value is -3.01. The van der Waals surface area contributed by atoms with Crippen molar-refractivity contribution < 1.29 is 23.6 Å². The number of rotatable bonds is 9. The number of aryl methyl sites for hydroxylation is 1. The van der Waals surface area contributed by atoms with Crippen molar-refractivity contribution >= 4 is 41.0 Å². The minimum absolute atomic E-state index is 0.0809. The van der Waals surface area contributed by atoms with Crippen LogP contribution in [0.1, 0.15) is 5.76 Å². The summed E-state index contributed by atoms with van der Waals surface area (Å²) in [5.41, 5.74) is 0.612. The molecule has 2 N–H and O–H groups in total. The number of nitrogens with zero attached hydrogens (tertiary/aromatic N) is 2. The maximum atomic E-state index is 12.1. The van der Waals surface area contributed by atoms with E-state index in [-0.39, 0.29) is 35.8 Å².